The molecule has 0 amide bonds. The summed E-state index contributed by atoms with van der Waals surface area (Å²) >= 11 is 0. The van der Waals surface area contributed by atoms with Gasteiger partial charge in [-0.2, -0.15) is 0 Å². The summed E-state index contributed by atoms with van der Waals surface area (Å²) in [6.07, 6.45) is 54.2. The minimum Gasteiger partial charge on any atom is -0.462 e. The van der Waals surface area contributed by atoms with Gasteiger partial charge in [-0.15, -0.1) is 0 Å². The van der Waals surface area contributed by atoms with Crippen LogP contribution >= 0.6 is 15.6 Å². The molecule has 0 aliphatic rings. The Morgan fingerprint density at radius 2 is 0.479 bits per heavy atom. The van der Waals surface area contributed by atoms with Crippen LogP contribution in [0.3, 0.4) is 0 Å². The fourth-order valence-electron chi connectivity index (χ4n) is 11.8. The number of aliphatic hydroxyl groups excluding tert-OH is 1. The Morgan fingerprint density at radius 3 is 0.708 bits per heavy atom. The van der Waals surface area contributed by atoms with Gasteiger partial charge in [0.1, 0.15) is 19.3 Å². The van der Waals surface area contributed by atoms with Crippen LogP contribution in [-0.4, -0.2) is 96.7 Å². The van der Waals surface area contributed by atoms with Gasteiger partial charge in [-0.1, -0.05) is 344 Å². The largest absolute Gasteiger partial charge is 0.472 e. The van der Waals surface area contributed by atoms with Crippen molar-refractivity contribution in [2.24, 2.45) is 17.8 Å². The van der Waals surface area contributed by atoms with Crippen molar-refractivity contribution >= 4 is 39.5 Å². The molecular weight excluding hydrogens is 1260 g/mol. The number of hydrogen-bond donors (Lipinski definition) is 3. The maximum Gasteiger partial charge on any atom is 0.472 e. The van der Waals surface area contributed by atoms with Crippen molar-refractivity contribution in [3.8, 4) is 0 Å². The average Bonchev–Trinajstić information content (AvgIpc) is 1.26. The zero-order valence-corrected chi connectivity index (χ0v) is 64.6. The van der Waals surface area contributed by atoms with E-state index in [0.717, 1.165) is 108 Å². The fraction of sp³-hybridized carbons (Fsp3) is 0.948. The van der Waals surface area contributed by atoms with Crippen molar-refractivity contribution in [1.29, 1.82) is 0 Å². The Balaban J connectivity index is 5.24. The number of esters is 4. The normalized spacial score (nSPS) is 14.1. The summed E-state index contributed by atoms with van der Waals surface area (Å²) in [6.45, 7) is 11.9. The molecule has 17 nitrogen and oxygen atoms in total. The van der Waals surface area contributed by atoms with E-state index < -0.39 is 97.5 Å². The molecule has 0 aromatic carbocycles. The molecule has 5 atom stereocenters. The average molecular weight is 1410 g/mol. The summed E-state index contributed by atoms with van der Waals surface area (Å²) in [7, 11) is -9.91. The van der Waals surface area contributed by atoms with Crippen molar-refractivity contribution < 1.29 is 80.2 Å². The molecule has 96 heavy (non-hydrogen) atoms. The Kier molecular flexibility index (Phi) is 66.2. The number of phosphoric ester groups is 2. The molecule has 0 saturated heterocycles. The smallest absolute Gasteiger partial charge is 0.462 e. The summed E-state index contributed by atoms with van der Waals surface area (Å²) in [5.74, 6) is 0.119. The summed E-state index contributed by atoms with van der Waals surface area (Å²) in [5, 5.41) is 10.6. The monoisotopic (exact) mass is 1410 g/mol. The maximum absolute atomic E-state index is 13.1. The van der Waals surface area contributed by atoms with Gasteiger partial charge in [-0.05, 0) is 43.4 Å². The lowest BCUT2D eigenvalue weighted by Gasteiger charge is -2.21. The van der Waals surface area contributed by atoms with Crippen molar-refractivity contribution in [3.05, 3.63) is 0 Å². The minimum absolute atomic E-state index is 0.104. The second-order valence-electron chi connectivity index (χ2n) is 29.2. The molecule has 3 N–H and O–H groups in total. The number of carbonyl (C=O) groups is 4. The summed E-state index contributed by atoms with van der Waals surface area (Å²) < 4.78 is 68.5. The van der Waals surface area contributed by atoms with Gasteiger partial charge >= 0.3 is 39.5 Å². The third-order valence-corrected chi connectivity index (χ3v) is 19.8. The predicted octanol–water partition coefficient (Wildman–Crippen LogP) is 22.6. The minimum atomic E-state index is -4.96. The highest BCUT2D eigenvalue weighted by molar-refractivity contribution is 7.47. The number of rotatable bonds is 75. The van der Waals surface area contributed by atoms with Crippen molar-refractivity contribution in [2.75, 3.05) is 39.6 Å². The van der Waals surface area contributed by atoms with E-state index in [0.29, 0.717) is 31.6 Å². The van der Waals surface area contributed by atoms with Crippen molar-refractivity contribution in [2.45, 2.75) is 414 Å². The van der Waals surface area contributed by atoms with Crippen LogP contribution in [0.15, 0.2) is 0 Å². The zero-order chi connectivity index (χ0) is 70.9. The van der Waals surface area contributed by atoms with E-state index in [1.807, 2.05) is 0 Å². The molecule has 0 saturated carbocycles. The van der Waals surface area contributed by atoms with E-state index >= 15 is 0 Å². The lowest BCUT2D eigenvalue weighted by atomic mass is 10.0. The standard InChI is InChI=1S/C77H150O17P2/c1-8-9-10-11-12-13-14-15-16-17-18-22-25-30-37-44-51-58-74(79)87-64-72(93-76(81)60-53-46-38-31-26-23-20-19-21-24-28-34-41-48-55-68(2)3)66-91-95(83,84)89-62-71(78)63-90-96(85,86)92-67-73(65-88-75(80)59-52-45-40-33-36-43-50-57-70(6)7)94-77(82)61-54-47-39-32-27-29-35-42-49-56-69(4)5/h68-73,78H,8-67H2,1-7H3,(H,83,84)(H,85,86)/t71-,72-,73-/m1/s1. The molecule has 0 aromatic heterocycles. The molecule has 0 aliphatic carbocycles. The van der Waals surface area contributed by atoms with Crippen LogP contribution in [0.25, 0.3) is 0 Å². The lowest BCUT2D eigenvalue weighted by Crippen LogP contribution is -2.30. The molecule has 0 bridgehead atoms. The van der Waals surface area contributed by atoms with E-state index in [2.05, 4.69) is 48.5 Å². The van der Waals surface area contributed by atoms with Gasteiger partial charge < -0.3 is 33.8 Å². The predicted molar refractivity (Wildman–Crippen MR) is 391 cm³/mol. The molecule has 19 heteroatoms. The van der Waals surface area contributed by atoms with Gasteiger partial charge in [0.25, 0.3) is 0 Å². The van der Waals surface area contributed by atoms with E-state index in [1.54, 1.807) is 0 Å². The Labute approximate surface area is 588 Å². The molecule has 0 aliphatic heterocycles. The van der Waals surface area contributed by atoms with Crippen molar-refractivity contribution in [3.63, 3.8) is 0 Å². The van der Waals surface area contributed by atoms with E-state index in [4.69, 9.17) is 37.0 Å². The third kappa shape index (κ3) is 70.5. The maximum atomic E-state index is 13.1. The van der Waals surface area contributed by atoms with E-state index in [-0.39, 0.29) is 25.7 Å². The first-order valence-electron chi connectivity index (χ1n) is 39.8. The molecule has 0 heterocycles. The summed E-state index contributed by atoms with van der Waals surface area (Å²) in [6, 6.07) is 0. The Hall–Kier alpha value is -1.94. The number of ether oxygens (including phenoxy) is 4. The third-order valence-electron chi connectivity index (χ3n) is 17.9. The first kappa shape index (κ1) is 94.1. The van der Waals surface area contributed by atoms with Gasteiger partial charge in [0.15, 0.2) is 12.2 Å². The van der Waals surface area contributed by atoms with Crippen LogP contribution in [0.1, 0.15) is 395 Å². The van der Waals surface area contributed by atoms with Gasteiger partial charge in [-0.25, -0.2) is 9.13 Å². The first-order chi connectivity index (χ1) is 46.2. The summed E-state index contributed by atoms with van der Waals surface area (Å²) in [5.41, 5.74) is 0. The molecule has 0 radical (unpaired) electrons. The molecule has 0 spiro atoms. The number of hydrogen-bond acceptors (Lipinski definition) is 15. The van der Waals surface area contributed by atoms with Gasteiger partial charge in [0, 0.05) is 25.7 Å². The number of unbranched alkanes of at least 4 members (excludes halogenated alkanes) is 43. The number of aliphatic hydroxyl groups is 1. The quantitative estimate of drug-likeness (QED) is 0.0222. The first-order valence-corrected chi connectivity index (χ1v) is 42.8. The molecule has 0 rings (SSSR count). The van der Waals surface area contributed by atoms with E-state index in [1.165, 1.54) is 199 Å². The topological polar surface area (TPSA) is 237 Å². The second kappa shape index (κ2) is 67.5. The highest BCUT2D eigenvalue weighted by atomic mass is 31.2. The van der Waals surface area contributed by atoms with Crippen LogP contribution in [0.2, 0.25) is 0 Å². The lowest BCUT2D eigenvalue weighted by molar-refractivity contribution is -0.161. The fourth-order valence-corrected chi connectivity index (χ4v) is 13.4. The Morgan fingerprint density at radius 1 is 0.281 bits per heavy atom. The molecular formula is C77H150O17P2. The SMILES string of the molecule is CCCCCCCCCCCCCCCCCCCC(=O)OC[C@H](COP(=O)(O)OC[C@@H](O)COP(=O)(O)OC[C@@H](COC(=O)CCCCCCCCCC(C)C)OC(=O)CCCCCCCCCCCC(C)C)OC(=O)CCCCCCCCCCCCCCCCC(C)C. The van der Waals surface area contributed by atoms with Crippen LogP contribution in [0.5, 0.6) is 0 Å². The Bertz CT molecular complexity index is 1870. The molecule has 0 aromatic rings. The van der Waals surface area contributed by atoms with Gasteiger partial charge in [-0.3, -0.25) is 37.3 Å². The highest BCUT2D eigenvalue weighted by Gasteiger charge is 2.30. The molecule has 570 valence electrons. The number of phosphoric acid groups is 2. The van der Waals surface area contributed by atoms with Crippen molar-refractivity contribution in [1.82, 2.24) is 0 Å². The summed E-state index contributed by atoms with van der Waals surface area (Å²) in [4.78, 5) is 72.8. The van der Waals surface area contributed by atoms with Gasteiger partial charge in [0.2, 0.25) is 0 Å². The van der Waals surface area contributed by atoms with Crippen LogP contribution in [0.4, 0.5) is 0 Å². The van der Waals surface area contributed by atoms with Crippen LogP contribution in [-0.2, 0) is 65.4 Å². The van der Waals surface area contributed by atoms with Gasteiger partial charge in [0.05, 0.1) is 26.4 Å². The zero-order valence-electron chi connectivity index (χ0n) is 62.8. The van der Waals surface area contributed by atoms with Crippen LogP contribution in [0, 0.1) is 17.8 Å². The van der Waals surface area contributed by atoms with E-state index in [9.17, 15) is 43.2 Å². The highest BCUT2D eigenvalue weighted by Crippen LogP contribution is 2.45. The second-order valence-corrected chi connectivity index (χ2v) is 32.1. The molecule has 2 unspecified atom stereocenters. The molecule has 0 fully saturated rings. The van der Waals surface area contributed by atoms with Crippen LogP contribution < -0.4 is 0 Å². The number of carbonyl (C=O) groups excluding carboxylic acids is 4.